The van der Waals surface area contributed by atoms with E-state index in [0.29, 0.717) is 0 Å². The van der Waals surface area contributed by atoms with Gasteiger partial charge in [-0.15, -0.1) is 0 Å². The molecule has 0 spiro atoms. The molecule has 24 valence electrons. The van der Waals surface area contributed by atoms with Crippen LogP contribution >= 0.6 is 0 Å². The van der Waals surface area contributed by atoms with Gasteiger partial charge in [-0.05, 0) is 0 Å². The molecular weight excluding hydrogens is 80.4 g/mol. The Morgan fingerprint density at radius 3 is 1.60 bits per heavy atom. The van der Waals surface area contributed by atoms with Gasteiger partial charge in [-0.3, -0.25) is 0 Å². The Balaban J connectivity index is -0.0000000200. The van der Waals surface area contributed by atoms with Crippen LogP contribution in [0.2, 0.25) is 0 Å². The molecule has 0 amide bonds. The normalized spacial score (nSPS) is 1.60. The van der Waals surface area contributed by atoms with Gasteiger partial charge in [-0.25, -0.2) is 0 Å². The molecule has 0 aromatic rings. The van der Waals surface area contributed by atoms with Crippen LogP contribution in [0.3, 0.4) is 0 Å². The number of rotatable bonds is 0. The van der Waals surface area contributed by atoms with E-state index in [0.717, 1.165) is 0 Å². The van der Waals surface area contributed by atoms with E-state index in [-0.39, 0.29) is 31.3 Å². The summed E-state index contributed by atoms with van der Waals surface area (Å²) in [6, 6.07) is 1.75. The van der Waals surface area contributed by atoms with Crippen molar-refractivity contribution in [2.24, 2.45) is 0 Å². The molecule has 0 fully saturated rings. The zero-order valence-electron chi connectivity index (χ0n) is 3.33. The first-order valence-electron chi connectivity index (χ1n) is 0.724. The standard InChI is InChI=1S/C2H3N.ClH.Li/c1-2-3;;/h1H3;1H;/q;;+1/p-1. The van der Waals surface area contributed by atoms with Gasteiger partial charge in [0, 0.05) is 6.92 Å². The van der Waals surface area contributed by atoms with Gasteiger partial charge < -0.3 is 12.4 Å². The van der Waals surface area contributed by atoms with E-state index in [9.17, 15) is 0 Å². The maximum atomic E-state index is 7.32. The topological polar surface area (TPSA) is 23.8 Å². The summed E-state index contributed by atoms with van der Waals surface area (Å²) in [5.74, 6) is 0. The summed E-state index contributed by atoms with van der Waals surface area (Å²) >= 11 is 0. The quantitative estimate of drug-likeness (QED) is 0.268. The molecule has 0 saturated carbocycles. The van der Waals surface area contributed by atoms with Crippen LogP contribution in [0.4, 0.5) is 0 Å². The summed E-state index contributed by atoms with van der Waals surface area (Å²) < 4.78 is 0. The van der Waals surface area contributed by atoms with Crippen molar-refractivity contribution in [3.05, 3.63) is 0 Å². The van der Waals surface area contributed by atoms with E-state index >= 15 is 0 Å². The Kier molecular flexibility index (Phi) is 96.0. The summed E-state index contributed by atoms with van der Waals surface area (Å²) in [4.78, 5) is 0. The third-order valence-corrected chi connectivity index (χ3v) is 0. The van der Waals surface area contributed by atoms with Crippen molar-refractivity contribution in [3.63, 3.8) is 0 Å². The van der Waals surface area contributed by atoms with E-state index in [2.05, 4.69) is 0 Å². The van der Waals surface area contributed by atoms with Gasteiger partial charge in [0.25, 0.3) is 0 Å². The van der Waals surface area contributed by atoms with E-state index in [1.807, 2.05) is 0 Å². The van der Waals surface area contributed by atoms with Crippen molar-refractivity contribution in [2.45, 2.75) is 6.92 Å². The van der Waals surface area contributed by atoms with Crippen molar-refractivity contribution < 1.29 is 31.3 Å². The SMILES string of the molecule is CC#N.[Cl-].[Li+]. The summed E-state index contributed by atoms with van der Waals surface area (Å²) in [7, 11) is 0. The molecule has 0 aliphatic rings. The molecule has 0 heterocycles. The van der Waals surface area contributed by atoms with Gasteiger partial charge in [-0.1, -0.05) is 0 Å². The minimum absolute atomic E-state index is 0. The van der Waals surface area contributed by atoms with E-state index in [1.165, 1.54) is 6.92 Å². The second-order valence-corrected chi connectivity index (χ2v) is 0.224. The van der Waals surface area contributed by atoms with Gasteiger partial charge in [0.1, 0.15) is 0 Å². The fraction of sp³-hybridized carbons (Fsp3) is 0.500. The fourth-order valence-electron chi connectivity index (χ4n) is 0. The van der Waals surface area contributed by atoms with Crippen LogP contribution in [0.5, 0.6) is 0 Å². The Morgan fingerprint density at radius 2 is 1.60 bits per heavy atom. The van der Waals surface area contributed by atoms with Gasteiger partial charge >= 0.3 is 18.9 Å². The molecule has 3 heteroatoms. The Bertz CT molecular complexity index is 31.1. The minimum Gasteiger partial charge on any atom is -1.00 e. The first kappa shape index (κ1) is 18.2. The second-order valence-electron chi connectivity index (χ2n) is 0.224. The van der Waals surface area contributed by atoms with Gasteiger partial charge in [0.05, 0.1) is 6.07 Å². The van der Waals surface area contributed by atoms with Crippen LogP contribution in [-0.2, 0) is 0 Å². The second kappa shape index (κ2) is 26.3. The Hall–Kier alpha value is 0.377. The predicted octanol–water partition coefficient (Wildman–Crippen LogP) is -5.46. The van der Waals surface area contributed by atoms with Gasteiger partial charge in [-0.2, -0.15) is 5.26 Å². The molecule has 0 rings (SSSR count). The van der Waals surface area contributed by atoms with Crippen molar-refractivity contribution in [1.29, 1.82) is 5.26 Å². The molecule has 0 bridgehead atoms. The van der Waals surface area contributed by atoms with Crippen LogP contribution in [0.15, 0.2) is 0 Å². The molecule has 0 aromatic carbocycles. The van der Waals surface area contributed by atoms with Gasteiger partial charge in [0.2, 0.25) is 0 Å². The average Bonchev–Trinajstić information content (AvgIpc) is 0.918. The van der Waals surface area contributed by atoms with Crippen LogP contribution in [0.25, 0.3) is 0 Å². The van der Waals surface area contributed by atoms with Crippen LogP contribution < -0.4 is 31.3 Å². The molecule has 5 heavy (non-hydrogen) atoms. The molecule has 0 aromatic heterocycles. The first-order chi connectivity index (χ1) is 1.41. The summed E-state index contributed by atoms with van der Waals surface area (Å²) in [6.45, 7) is 1.43. The number of nitrogens with zero attached hydrogens (tertiary/aromatic N) is 1. The monoisotopic (exact) mass is 83.0 g/mol. The molecule has 0 aliphatic carbocycles. The molecule has 0 atom stereocenters. The smallest absolute Gasteiger partial charge is 1.00 e. The maximum Gasteiger partial charge on any atom is 1.00 e. The number of halogens is 1. The van der Waals surface area contributed by atoms with Crippen molar-refractivity contribution >= 4 is 0 Å². The predicted molar refractivity (Wildman–Crippen MR) is 11.3 cm³/mol. The Labute approximate surface area is 49.9 Å². The number of hydrogen-bond donors (Lipinski definition) is 0. The van der Waals surface area contributed by atoms with Crippen LogP contribution in [0, 0.1) is 11.3 Å². The number of nitriles is 1. The minimum atomic E-state index is 0. The summed E-state index contributed by atoms with van der Waals surface area (Å²) in [5.41, 5.74) is 0. The molecule has 1 nitrogen and oxygen atoms in total. The summed E-state index contributed by atoms with van der Waals surface area (Å²) in [6.07, 6.45) is 0. The molecule has 0 N–H and O–H groups in total. The molecule has 0 saturated heterocycles. The van der Waals surface area contributed by atoms with Crippen molar-refractivity contribution in [1.82, 2.24) is 0 Å². The Morgan fingerprint density at radius 1 is 1.60 bits per heavy atom. The van der Waals surface area contributed by atoms with Crippen molar-refractivity contribution in [3.8, 4) is 6.07 Å². The van der Waals surface area contributed by atoms with E-state index in [1.54, 1.807) is 6.07 Å². The van der Waals surface area contributed by atoms with Crippen LogP contribution in [-0.4, -0.2) is 0 Å². The van der Waals surface area contributed by atoms with Crippen molar-refractivity contribution in [2.75, 3.05) is 0 Å². The fourth-order valence-corrected chi connectivity index (χ4v) is 0. The average molecular weight is 83.4 g/mol. The van der Waals surface area contributed by atoms with E-state index in [4.69, 9.17) is 5.26 Å². The molecule has 0 aliphatic heterocycles. The summed E-state index contributed by atoms with van der Waals surface area (Å²) in [5, 5.41) is 7.32. The third-order valence-electron chi connectivity index (χ3n) is 0. The van der Waals surface area contributed by atoms with E-state index < -0.39 is 0 Å². The largest absolute Gasteiger partial charge is 1.00 e. The first-order valence-corrected chi connectivity index (χ1v) is 0.724. The maximum absolute atomic E-state index is 7.32. The molecular formula is C2H3ClLiN. The third kappa shape index (κ3) is 174. The van der Waals surface area contributed by atoms with Gasteiger partial charge in [0.15, 0.2) is 0 Å². The number of hydrogen-bond acceptors (Lipinski definition) is 1. The molecule has 0 radical (unpaired) electrons. The zero-order chi connectivity index (χ0) is 2.71. The molecule has 0 unspecified atom stereocenters. The zero-order valence-corrected chi connectivity index (χ0v) is 4.08. The van der Waals surface area contributed by atoms with Crippen LogP contribution in [0.1, 0.15) is 6.92 Å².